The van der Waals surface area contributed by atoms with Crippen molar-refractivity contribution in [1.82, 2.24) is 79.9 Å². The summed E-state index contributed by atoms with van der Waals surface area (Å²) in [6.45, 7) is 3.37. The van der Waals surface area contributed by atoms with Gasteiger partial charge in [-0.2, -0.15) is 23.5 Å². The molecule has 8 heterocycles. The number of aromatic nitrogens is 9. The lowest BCUT2D eigenvalue weighted by atomic mass is 10.0. The van der Waals surface area contributed by atoms with Gasteiger partial charge in [0.15, 0.2) is 0 Å². The third-order valence-corrected chi connectivity index (χ3v) is 22.1. The van der Waals surface area contributed by atoms with Gasteiger partial charge in [-0.3, -0.25) is 32.9 Å². The third kappa shape index (κ3) is 15.0. The van der Waals surface area contributed by atoms with Gasteiger partial charge < -0.3 is 47.5 Å². The second kappa shape index (κ2) is 28.6. The molecule has 0 bridgehead atoms. The highest BCUT2D eigenvalue weighted by Gasteiger charge is 2.43. The van der Waals surface area contributed by atoms with Crippen molar-refractivity contribution in [2.45, 2.75) is 143 Å². The number of unbranched alkanes of at least 4 members (excludes halogenated alkanes) is 2. The molecular weight excluding hydrogens is 1230 g/mol. The van der Waals surface area contributed by atoms with Gasteiger partial charge in [0.2, 0.25) is 21.8 Å². The van der Waals surface area contributed by atoms with Crippen molar-refractivity contribution >= 4 is 91.0 Å². The number of amides is 7. The monoisotopic (exact) mass is 1300 g/mol. The zero-order valence-electron chi connectivity index (χ0n) is 51.0. The fourth-order valence-electron chi connectivity index (χ4n) is 12.5. The van der Waals surface area contributed by atoms with Crippen molar-refractivity contribution in [3.05, 3.63) is 118 Å². The Morgan fingerprint density at radius 2 is 1.31 bits per heavy atom. The zero-order valence-corrected chi connectivity index (χ0v) is 53.5. The molecule has 4 aromatic heterocycles. The largest absolute Gasteiger partial charge is 0.356 e. The lowest BCUT2D eigenvalue weighted by molar-refractivity contribution is -0.122. The van der Waals surface area contributed by atoms with Crippen LogP contribution in [-0.2, 0) is 65.2 Å². The molecule has 3 aromatic carbocycles. The van der Waals surface area contributed by atoms with Gasteiger partial charge in [-0.15, -0.1) is 10.2 Å². The molecule has 7 aromatic rings. The standard InChI is InChI=1S/C61H77FN18O8S3/c1-37-55(38-9-8-10-44(29-38)91(87,88)75(2)3)45-30-39(15-17-48(45)80(37)32-40(62)19-22-63)58(83)66-41-16-18-49-50(31-41)79(28-26-77-34-43(72-74-77)21-24-65-54(82)14-7-5-12-52-57-47(36-90-52)68-60(85)70-57)61(86)78(49)27-25-76-33-42(71-73-76)20-23-64-53(81)13-6-4-11-51-56-46(35-89-51)67-59(84)69-56/h8-10,15-19,29-31,33-34,46-47,51-52,56-57H,4-7,11-14,20-28,32,35-36,63H2,1-3H3,(H,64,81)(H,65,82)(H,66,83)(H2,67,69,84)(H2,68,70,85)/b40-19-/t46-,47?,51-,52-,56-,57?/m0/s1. The van der Waals surface area contributed by atoms with E-state index in [1.54, 1.807) is 90.1 Å². The lowest BCUT2D eigenvalue weighted by Crippen LogP contribution is -2.36. The van der Waals surface area contributed by atoms with Crippen molar-refractivity contribution in [2.24, 2.45) is 5.73 Å². The Hall–Kier alpha value is -8.06. The van der Waals surface area contributed by atoms with Gasteiger partial charge in [0.1, 0.15) is 5.83 Å². The molecule has 4 saturated heterocycles. The number of nitrogens with one attached hydrogen (secondary N) is 7. The average Bonchev–Trinajstić information content (AvgIpc) is 1.65. The predicted octanol–water partition coefficient (Wildman–Crippen LogP) is 4.40. The minimum Gasteiger partial charge on any atom is -0.356 e. The second-order valence-corrected chi connectivity index (χ2v) is 28.3. The molecule has 4 aliphatic rings. The molecule has 91 heavy (non-hydrogen) atoms. The molecule has 7 amide bonds. The molecule has 0 radical (unpaired) electrons. The fraction of sp³-hybridized carbons (Fsp3) is 0.475. The van der Waals surface area contributed by atoms with E-state index in [9.17, 15) is 37.2 Å². The van der Waals surface area contributed by atoms with Crippen LogP contribution in [0.15, 0.2) is 94.7 Å². The highest BCUT2D eigenvalue weighted by atomic mass is 32.2. The number of nitrogens with two attached hydrogens (primary N) is 1. The first-order valence-electron chi connectivity index (χ1n) is 30.8. The summed E-state index contributed by atoms with van der Waals surface area (Å²) in [6, 6.07) is 17.2. The van der Waals surface area contributed by atoms with Crippen molar-refractivity contribution in [3.8, 4) is 11.1 Å². The van der Waals surface area contributed by atoms with E-state index in [2.05, 4.69) is 57.8 Å². The van der Waals surface area contributed by atoms with E-state index in [1.165, 1.54) is 26.2 Å². The van der Waals surface area contributed by atoms with Crippen LogP contribution in [0.25, 0.3) is 33.1 Å². The van der Waals surface area contributed by atoms with Crippen LogP contribution in [0, 0.1) is 6.92 Å². The van der Waals surface area contributed by atoms with E-state index in [0.29, 0.717) is 105 Å². The number of nitrogens with zero attached hydrogens (tertiary/aromatic N) is 10. The van der Waals surface area contributed by atoms with E-state index < -0.39 is 21.8 Å². The summed E-state index contributed by atoms with van der Waals surface area (Å²) in [5.74, 6) is 0.781. The Kier molecular flexibility index (Phi) is 20.3. The zero-order chi connectivity index (χ0) is 63.9. The highest BCUT2D eigenvalue weighted by Crippen LogP contribution is 2.38. The molecule has 6 atom stereocenters. The number of halogens is 1. The topological polar surface area (TPSA) is 326 Å². The van der Waals surface area contributed by atoms with Crippen LogP contribution in [0.4, 0.5) is 19.7 Å². The summed E-state index contributed by atoms with van der Waals surface area (Å²) in [5.41, 5.74) is 10.9. The molecule has 484 valence electrons. The lowest BCUT2D eigenvalue weighted by Gasteiger charge is -2.16. The van der Waals surface area contributed by atoms with Crippen molar-refractivity contribution < 1.29 is 36.8 Å². The fourth-order valence-corrected chi connectivity index (χ4v) is 16.5. The molecule has 0 saturated carbocycles. The van der Waals surface area contributed by atoms with Gasteiger partial charge in [-0.05, 0) is 92.8 Å². The Labute approximate surface area is 533 Å². The van der Waals surface area contributed by atoms with Crippen molar-refractivity contribution in [1.29, 1.82) is 0 Å². The molecular formula is C61H77FN18O8S3. The van der Waals surface area contributed by atoms with Crippen LogP contribution < -0.4 is 48.6 Å². The number of fused-ring (bicyclic) bond motifs is 4. The number of hydrogen-bond donors (Lipinski definition) is 8. The number of thioether (sulfide) groups is 2. The average molecular weight is 1310 g/mol. The van der Waals surface area contributed by atoms with Gasteiger partial charge in [0, 0.05) is 140 Å². The van der Waals surface area contributed by atoms with Gasteiger partial charge in [-0.25, -0.2) is 31.5 Å². The van der Waals surface area contributed by atoms with E-state index in [4.69, 9.17) is 5.73 Å². The number of imidazole rings is 1. The van der Waals surface area contributed by atoms with Gasteiger partial charge >= 0.3 is 17.8 Å². The first kappa shape index (κ1) is 64.5. The Bertz CT molecular complexity index is 4060. The molecule has 30 heteroatoms. The molecule has 2 unspecified atom stereocenters. The normalized spacial score (nSPS) is 19.6. The van der Waals surface area contributed by atoms with Crippen LogP contribution in [0.1, 0.15) is 78.8 Å². The van der Waals surface area contributed by atoms with E-state index in [0.717, 1.165) is 54.3 Å². The molecule has 4 aliphatic heterocycles. The number of urea groups is 2. The number of rotatable bonds is 30. The summed E-state index contributed by atoms with van der Waals surface area (Å²) in [4.78, 5) is 78.1. The number of hydrogen-bond acceptors (Lipinski definition) is 15. The number of carbonyl (C=O) groups is 5. The van der Waals surface area contributed by atoms with Crippen LogP contribution in [0.2, 0.25) is 0 Å². The van der Waals surface area contributed by atoms with Crippen molar-refractivity contribution in [3.63, 3.8) is 0 Å². The number of anilines is 1. The number of benzene rings is 3. The minimum atomic E-state index is -3.82. The quantitative estimate of drug-likeness (QED) is 0.0229. The summed E-state index contributed by atoms with van der Waals surface area (Å²) in [5, 5.41) is 39.6. The first-order chi connectivity index (χ1) is 43.9. The number of aryl methyl sites for hydroxylation is 4. The van der Waals surface area contributed by atoms with E-state index in [1.807, 2.05) is 30.4 Å². The van der Waals surface area contributed by atoms with Crippen LogP contribution in [0.5, 0.6) is 0 Å². The highest BCUT2D eigenvalue weighted by molar-refractivity contribution is 8.00. The molecule has 4 fully saturated rings. The first-order valence-corrected chi connectivity index (χ1v) is 34.4. The van der Waals surface area contributed by atoms with Crippen LogP contribution in [0.3, 0.4) is 0 Å². The predicted molar refractivity (Wildman–Crippen MR) is 347 cm³/mol. The maximum atomic E-state index is 15.2. The van der Waals surface area contributed by atoms with Gasteiger partial charge in [-0.1, -0.05) is 35.4 Å². The maximum absolute atomic E-state index is 15.2. The summed E-state index contributed by atoms with van der Waals surface area (Å²) in [7, 11) is -0.916. The third-order valence-electron chi connectivity index (χ3n) is 17.3. The number of allylic oxidation sites excluding steroid dienone is 1. The molecule has 9 N–H and O–H groups in total. The molecule has 0 spiro atoms. The molecule has 0 aliphatic carbocycles. The smallest absolute Gasteiger partial charge is 0.329 e. The Morgan fingerprint density at radius 3 is 1.89 bits per heavy atom. The SMILES string of the molecule is Cc1c(-c2cccc(S(=O)(=O)N(C)C)c2)c2cc(C(=O)Nc3ccc4c(c3)n(CCn3cc(CCNC(=O)CCCC[C@@H]5SCC6NC(=O)NC65)nn3)c(=O)n4CCn3cc(CCNC(=O)CCCC[C@@H]4SC[C@@H]5NC(=O)N[C@@H]54)nn3)ccc2n1C/C(F)=C/CN. The summed E-state index contributed by atoms with van der Waals surface area (Å²) in [6.07, 6.45) is 11.7. The Morgan fingerprint density at radius 1 is 0.725 bits per heavy atom. The van der Waals surface area contributed by atoms with Gasteiger partial charge in [0.05, 0.1) is 71.1 Å². The van der Waals surface area contributed by atoms with E-state index >= 15 is 4.39 Å². The van der Waals surface area contributed by atoms with Crippen molar-refractivity contribution in [2.75, 3.05) is 50.6 Å². The maximum Gasteiger partial charge on any atom is 0.329 e. The number of sulfonamides is 1. The number of carbonyl (C=O) groups excluding carboxylic acids is 5. The summed E-state index contributed by atoms with van der Waals surface area (Å²) >= 11 is 3.72. The second-order valence-electron chi connectivity index (χ2n) is 23.6. The van der Waals surface area contributed by atoms with E-state index in [-0.39, 0.29) is 103 Å². The van der Waals surface area contributed by atoms with Crippen LogP contribution in [-0.4, -0.2) is 166 Å². The summed E-state index contributed by atoms with van der Waals surface area (Å²) < 4.78 is 51.3. The minimum absolute atomic E-state index is 0.00230. The molecule has 11 rings (SSSR count). The Balaban J connectivity index is 0.759. The van der Waals surface area contributed by atoms with Gasteiger partial charge in [0.25, 0.3) is 5.91 Å². The van der Waals surface area contributed by atoms with Crippen LogP contribution >= 0.6 is 23.5 Å². The molecule has 26 nitrogen and oxygen atoms in total.